The van der Waals surface area contributed by atoms with Crippen LogP contribution in [0.2, 0.25) is 0 Å². The van der Waals surface area contributed by atoms with E-state index in [1.807, 2.05) is 104 Å². The smallest absolute Gasteiger partial charge is 0.253 e. The van der Waals surface area contributed by atoms with E-state index in [1.54, 1.807) is 26.0 Å². The molecule has 20 heteroatoms. The highest BCUT2D eigenvalue weighted by Crippen LogP contribution is 2.30. The zero-order valence-corrected chi connectivity index (χ0v) is 66.1. The maximum absolute atomic E-state index is 11.9. The molecule has 2 N–H and O–H groups in total. The normalized spacial score (nSPS) is 11.9. The van der Waals surface area contributed by atoms with Gasteiger partial charge in [0.15, 0.2) is 0 Å². The first-order valence-electron chi connectivity index (χ1n) is 35.9. The number of unbranched alkanes of at least 4 members (excludes halogenated alkanes) is 5. The van der Waals surface area contributed by atoms with Crippen molar-refractivity contribution >= 4 is 56.9 Å². The molecule has 0 aliphatic carbocycles. The molecule has 5 aromatic rings. The van der Waals surface area contributed by atoms with Crippen molar-refractivity contribution in [3.05, 3.63) is 102 Å². The Bertz CT molecular complexity index is 3540. The summed E-state index contributed by atoms with van der Waals surface area (Å²) in [6.45, 7) is 48.5. The molecule has 97 heavy (non-hydrogen) atoms. The fraction of sp³-hybridized carbons (Fsp3) is 0.740. The summed E-state index contributed by atoms with van der Waals surface area (Å²) in [6.07, 6.45) is 16.8. The van der Waals surface area contributed by atoms with Crippen LogP contribution in [-0.4, -0.2) is 122 Å². The van der Waals surface area contributed by atoms with Crippen LogP contribution in [0.15, 0.2) is 47.9 Å². The lowest BCUT2D eigenvalue weighted by Gasteiger charge is -2.29. The van der Waals surface area contributed by atoms with Gasteiger partial charge in [-0.15, -0.1) is 0 Å². The average Bonchev–Trinajstić information content (AvgIpc) is 0.785. The van der Waals surface area contributed by atoms with Gasteiger partial charge in [-0.25, -0.2) is 0 Å². The maximum Gasteiger partial charge on any atom is 0.253 e. The summed E-state index contributed by atoms with van der Waals surface area (Å²) < 4.78 is 0. The molecule has 0 aliphatic rings. The highest BCUT2D eigenvalue weighted by Gasteiger charge is 2.30. The Morgan fingerprint density at radius 2 is 0.495 bits per heavy atom. The van der Waals surface area contributed by atoms with Crippen molar-refractivity contribution in [2.45, 2.75) is 228 Å². The van der Waals surface area contributed by atoms with Crippen molar-refractivity contribution in [1.29, 1.82) is 0 Å². The Kier molecular flexibility index (Phi) is 35.8. The first-order chi connectivity index (χ1) is 44.6. The lowest BCUT2D eigenvalue weighted by Crippen LogP contribution is -2.45. The number of nitrogens with zero attached hydrogens (tertiary/aromatic N) is 8. The lowest BCUT2D eigenvalue weighted by atomic mass is 9.90. The molecular weight excluding hydrogens is 1220 g/mol. The third-order valence-electron chi connectivity index (χ3n) is 17.6. The van der Waals surface area contributed by atoms with Crippen molar-refractivity contribution < 1.29 is 0 Å². The summed E-state index contributed by atoms with van der Waals surface area (Å²) in [6, 6.07) is 0. The van der Waals surface area contributed by atoms with Crippen LogP contribution >= 0.6 is 0 Å². The predicted molar refractivity (Wildman–Crippen MR) is 420 cm³/mol. The number of nitrogens with one attached hydrogen (secondary N) is 2. The van der Waals surface area contributed by atoms with Crippen LogP contribution in [0.25, 0.3) is 0 Å². The zero-order chi connectivity index (χ0) is 75.1. The molecule has 0 saturated heterocycles. The summed E-state index contributed by atoms with van der Waals surface area (Å²) >= 11 is 0. The van der Waals surface area contributed by atoms with Crippen LogP contribution in [-0.2, 0) is 0 Å². The second-order valence-corrected chi connectivity index (χ2v) is 32.9. The van der Waals surface area contributed by atoms with Gasteiger partial charge in [0.2, 0.25) is 0 Å². The lowest BCUT2D eigenvalue weighted by molar-refractivity contribution is 0.361. The number of rotatable bonds is 34. The summed E-state index contributed by atoms with van der Waals surface area (Å²) in [7, 11) is 16.6. The maximum atomic E-state index is 11.9. The van der Waals surface area contributed by atoms with Gasteiger partial charge in [0.25, 0.3) is 54.3 Å². The van der Waals surface area contributed by atoms with Gasteiger partial charge in [0.05, 0.1) is 0 Å². The largest absolute Gasteiger partial charge is 0.383 e. The van der Waals surface area contributed by atoms with Crippen LogP contribution in [0.5, 0.6) is 0 Å². The minimum absolute atomic E-state index is 0.324. The molecule has 0 aliphatic heterocycles. The van der Waals surface area contributed by atoms with E-state index >= 15 is 0 Å². The fourth-order valence-corrected chi connectivity index (χ4v) is 11.6. The second kappa shape index (κ2) is 39.3. The van der Waals surface area contributed by atoms with E-state index in [1.165, 1.54) is 32.1 Å². The van der Waals surface area contributed by atoms with E-state index in [2.05, 4.69) is 114 Å². The second-order valence-electron chi connectivity index (χ2n) is 32.9. The first kappa shape index (κ1) is 88.4. The number of anilines is 10. The molecule has 0 spiro atoms. The standard InChI is InChI=1S/C17H30N2O2.C16H28N2O2.2C15H26N2O2.C14H24N2O2/c1-7-19(8-2)14-13(15(20)16(14)21)18(6)12-10-9-11-17(3,4)5;1-7-17(5)12-13(15(20)14(12)19)18(6)11-9-8-10-16(2,3)4;1-15(2,3)9-7-8-10-17(6)12-11(16(4)5)13(18)14(12)19;1-6-16-11-12(14(19)13(11)18)17(5)10-8-7-9-15(2,3)4;1-14(2,3)8-6-7-9-16(5)11-10(15-4)12(17)13(11)18/h7-12H2,1-6H3;7-11H2,1-6H3;7-10H2,1-6H3;16H,6-10H2,1-5H3;15H,6-9H2,1-5H3. The predicted octanol–water partition coefficient (Wildman–Crippen LogP) is 11.5. The van der Waals surface area contributed by atoms with E-state index in [4.69, 9.17) is 0 Å². The number of hydrogen-bond donors (Lipinski definition) is 2. The van der Waals surface area contributed by atoms with Gasteiger partial charge in [-0.2, -0.15) is 0 Å². The molecule has 0 saturated carbocycles. The molecule has 0 unspecified atom stereocenters. The van der Waals surface area contributed by atoms with Crippen molar-refractivity contribution in [2.24, 2.45) is 27.1 Å². The third-order valence-corrected chi connectivity index (χ3v) is 17.6. The van der Waals surface area contributed by atoms with Crippen LogP contribution in [0, 0.1) is 27.1 Å². The van der Waals surface area contributed by atoms with E-state index in [9.17, 15) is 47.9 Å². The molecule has 5 aromatic carbocycles. The van der Waals surface area contributed by atoms with Gasteiger partial charge in [0, 0.05) is 122 Å². The monoisotopic (exact) mass is 1360 g/mol. The Labute approximate surface area is 583 Å². The highest BCUT2D eigenvalue weighted by atomic mass is 16.2. The summed E-state index contributed by atoms with van der Waals surface area (Å²) in [5.41, 5.74) is 3.83. The topological polar surface area (TPSA) is 221 Å². The number of hydrogen-bond acceptors (Lipinski definition) is 20. The van der Waals surface area contributed by atoms with Gasteiger partial charge < -0.3 is 49.8 Å². The highest BCUT2D eigenvalue weighted by molar-refractivity contribution is 5.78. The summed E-state index contributed by atoms with van der Waals surface area (Å²) in [5, 5.41) is 5.77. The first-order valence-corrected chi connectivity index (χ1v) is 35.9. The Balaban J connectivity index is 0.000000607. The van der Waals surface area contributed by atoms with Crippen molar-refractivity contribution in [2.75, 3.05) is 172 Å². The fourth-order valence-electron chi connectivity index (χ4n) is 11.6. The summed E-state index contributed by atoms with van der Waals surface area (Å²) in [4.78, 5) is 131. The van der Waals surface area contributed by atoms with Crippen LogP contribution < -0.4 is 104 Å². The molecule has 0 amide bonds. The van der Waals surface area contributed by atoms with Gasteiger partial charge in [-0.3, -0.25) is 47.9 Å². The molecule has 0 atom stereocenters. The zero-order valence-electron chi connectivity index (χ0n) is 66.1. The van der Waals surface area contributed by atoms with E-state index in [-0.39, 0.29) is 48.9 Å². The van der Waals surface area contributed by atoms with Gasteiger partial charge >= 0.3 is 0 Å². The van der Waals surface area contributed by atoms with Gasteiger partial charge in [-0.1, -0.05) is 136 Å². The third kappa shape index (κ3) is 27.9. The molecule has 0 heterocycles. The van der Waals surface area contributed by atoms with Gasteiger partial charge in [-0.05, 0) is 119 Å². The van der Waals surface area contributed by atoms with Crippen molar-refractivity contribution in [3.63, 3.8) is 0 Å². The molecule has 0 fully saturated rings. The molecule has 0 aromatic heterocycles. The molecular formula is C77H134N10O10. The van der Waals surface area contributed by atoms with Crippen LogP contribution in [0.3, 0.4) is 0 Å². The SMILES string of the molecule is CCN(C)c1c(N(C)CCCCC(C)(C)C)c(=O)c1=O.CCN(CC)c1c(N(C)CCCCC(C)(C)C)c(=O)c1=O.CCNc1c(N(C)CCCCC(C)(C)C)c(=O)c1=O.CN(C)c1c(N(C)CCCCC(C)(C)C)c(=O)c1=O.CNc1c(N(C)CCCCC(C)(C)C)c(=O)c1=O. The van der Waals surface area contributed by atoms with Crippen molar-refractivity contribution in [1.82, 2.24) is 0 Å². The minimum atomic E-state index is -0.394. The Morgan fingerprint density at radius 1 is 0.268 bits per heavy atom. The van der Waals surface area contributed by atoms with E-state index in [0.717, 1.165) is 117 Å². The molecule has 0 radical (unpaired) electrons. The quantitative estimate of drug-likeness (QED) is 0.0289. The molecule has 20 nitrogen and oxygen atoms in total. The summed E-state index contributed by atoms with van der Waals surface area (Å²) in [5.74, 6) is 0. The van der Waals surface area contributed by atoms with E-state index < -0.39 is 5.43 Å². The Morgan fingerprint density at radius 3 is 0.753 bits per heavy atom. The Hall–Kier alpha value is -6.60. The van der Waals surface area contributed by atoms with Crippen LogP contribution in [0.4, 0.5) is 56.9 Å². The molecule has 5 rings (SSSR count). The minimum Gasteiger partial charge on any atom is -0.383 e. The molecule has 552 valence electrons. The van der Waals surface area contributed by atoms with Gasteiger partial charge in [0.1, 0.15) is 56.9 Å². The van der Waals surface area contributed by atoms with Crippen molar-refractivity contribution in [3.8, 4) is 0 Å². The van der Waals surface area contributed by atoms with E-state index in [0.29, 0.717) is 90.5 Å². The van der Waals surface area contributed by atoms with Crippen LogP contribution in [0.1, 0.15) is 228 Å². The molecule has 0 bridgehead atoms. The average molecular weight is 1360 g/mol.